The van der Waals surface area contributed by atoms with Crippen molar-refractivity contribution in [2.24, 2.45) is 0 Å². The van der Waals surface area contributed by atoms with Crippen LogP contribution in [-0.2, 0) is 22.5 Å². The second-order valence-electron chi connectivity index (χ2n) is 5.77. The molecule has 6 heteroatoms. The van der Waals surface area contributed by atoms with Gasteiger partial charge in [-0.1, -0.05) is 29.8 Å². The number of methoxy groups -OCH3 is 1. The van der Waals surface area contributed by atoms with Crippen molar-refractivity contribution in [1.29, 1.82) is 0 Å². The van der Waals surface area contributed by atoms with Gasteiger partial charge in [-0.25, -0.2) is 4.98 Å². The van der Waals surface area contributed by atoms with Crippen molar-refractivity contribution in [3.8, 4) is 0 Å². The van der Waals surface area contributed by atoms with E-state index in [1.807, 2.05) is 41.7 Å². The second kappa shape index (κ2) is 7.15. The van der Waals surface area contributed by atoms with Crippen molar-refractivity contribution in [2.45, 2.75) is 25.4 Å². The maximum atomic E-state index is 12.6. The van der Waals surface area contributed by atoms with E-state index in [0.29, 0.717) is 37.6 Å². The highest BCUT2D eigenvalue weighted by molar-refractivity contribution is 6.31. The third-order valence-corrected chi connectivity index (χ3v) is 4.57. The zero-order chi connectivity index (χ0) is 16.2. The van der Waals surface area contributed by atoms with E-state index in [4.69, 9.17) is 16.3 Å². The fourth-order valence-corrected chi connectivity index (χ4v) is 3.23. The van der Waals surface area contributed by atoms with E-state index in [0.717, 1.165) is 11.3 Å². The molecule has 0 fully saturated rings. The van der Waals surface area contributed by atoms with Gasteiger partial charge in [-0.05, 0) is 18.1 Å². The molecular formula is C17H20ClN3O2. The first-order valence-corrected chi connectivity index (χ1v) is 8.07. The largest absolute Gasteiger partial charge is 0.382 e. The zero-order valence-corrected chi connectivity index (χ0v) is 13.9. The molecule has 0 N–H and O–H groups in total. The minimum Gasteiger partial charge on any atom is -0.382 e. The number of hydrogen-bond donors (Lipinski definition) is 0. The Morgan fingerprint density at radius 2 is 2.26 bits per heavy atom. The van der Waals surface area contributed by atoms with E-state index in [9.17, 15) is 4.79 Å². The molecule has 0 radical (unpaired) electrons. The summed E-state index contributed by atoms with van der Waals surface area (Å²) in [5.74, 6) is 0.137. The first-order chi connectivity index (χ1) is 11.2. The third kappa shape index (κ3) is 3.57. The molecule has 0 aliphatic carbocycles. The molecule has 0 bridgehead atoms. The maximum Gasteiger partial charge on any atom is 0.223 e. The molecule has 1 amide bonds. The van der Waals surface area contributed by atoms with Crippen LogP contribution in [0.4, 0.5) is 0 Å². The molecule has 0 spiro atoms. The summed E-state index contributed by atoms with van der Waals surface area (Å²) < 4.78 is 7.38. The van der Waals surface area contributed by atoms with Crippen molar-refractivity contribution < 1.29 is 9.53 Å². The van der Waals surface area contributed by atoms with Crippen LogP contribution in [0.1, 0.15) is 23.7 Å². The van der Waals surface area contributed by atoms with Crippen LogP contribution in [0.15, 0.2) is 36.8 Å². The molecule has 2 heterocycles. The smallest absolute Gasteiger partial charge is 0.223 e. The number of imidazole rings is 1. The second-order valence-corrected chi connectivity index (χ2v) is 6.17. The summed E-state index contributed by atoms with van der Waals surface area (Å²) in [6.45, 7) is 1.82. The van der Waals surface area contributed by atoms with Crippen molar-refractivity contribution in [1.82, 2.24) is 14.5 Å². The van der Waals surface area contributed by atoms with Crippen LogP contribution < -0.4 is 0 Å². The van der Waals surface area contributed by atoms with Gasteiger partial charge in [0.05, 0.1) is 31.2 Å². The van der Waals surface area contributed by atoms with Crippen LogP contribution in [0.5, 0.6) is 0 Å². The summed E-state index contributed by atoms with van der Waals surface area (Å²) in [6, 6.07) is 7.79. The number of carbonyl (C=O) groups is 1. The quantitative estimate of drug-likeness (QED) is 0.845. The highest BCUT2D eigenvalue weighted by Crippen LogP contribution is 2.23. The van der Waals surface area contributed by atoms with Crippen LogP contribution >= 0.6 is 11.6 Å². The Morgan fingerprint density at radius 3 is 3.04 bits per heavy atom. The predicted molar refractivity (Wildman–Crippen MR) is 88.3 cm³/mol. The first kappa shape index (κ1) is 16.0. The lowest BCUT2D eigenvalue weighted by molar-refractivity contribution is -0.133. The van der Waals surface area contributed by atoms with Crippen LogP contribution in [0.3, 0.4) is 0 Å². The molecule has 2 aromatic rings. The molecule has 5 nitrogen and oxygen atoms in total. The van der Waals surface area contributed by atoms with E-state index < -0.39 is 0 Å². The van der Waals surface area contributed by atoms with Crippen LogP contribution in [-0.4, -0.2) is 40.6 Å². The number of nitrogens with zero attached hydrogens (tertiary/aromatic N) is 3. The highest BCUT2D eigenvalue weighted by atomic mass is 35.5. The Balaban J connectivity index is 1.65. The van der Waals surface area contributed by atoms with Gasteiger partial charge in [0.1, 0.15) is 0 Å². The molecule has 0 saturated heterocycles. The van der Waals surface area contributed by atoms with Crippen molar-refractivity contribution in [3.05, 3.63) is 53.1 Å². The number of carbonyl (C=O) groups excluding carboxylic acids is 1. The van der Waals surface area contributed by atoms with Gasteiger partial charge in [0.15, 0.2) is 0 Å². The Labute approximate surface area is 140 Å². The van der Waals surface area contributed by atoms with Gasteiger partial charge in [0.25, 0.3) is 0 Å². The maximum absolute atomic E-state index is 12.6. The van der Waals surface area contributed by atoms with Gasteiger partial charge in [0, 0.05) is 31.3 Å². The number of halogens is 1. The topological polar surface area (TPSA) is 47.4 Å². The van der Waals surface area contributed by atoms with E-state index in [-0.39, 0.29) is 11.9 Å². The molecule has 3 rings (SSSR count). The minimum absolute atomic E-state index is 0.121. The lowest BCUT2D eigenvalue weighted by Gasteiger charge is -2.34. The van der Waals surface area contributed by atoms with Crippen molar-refractivity contribution in [2.75, 3.05) is 20.3 Å². The Hall–Kier alpha value is -1.85. The van der Waals surface area contributed by atoms with Gasteiger partial charge >= 0.3 is 0 Å². The minimum atomic E-state index is 0.121. The Morgan fingerprint density at radius 1 is 1.43 bits per heavy atom. The SMILES string of the molecule is COC[C@H]1CN(C(=O)CCc2ccccc2Cl)Cc2cncn21. The molecule has 1 aromatic carbocycles. The molecule has 1 aliphatic rings. The van der Waals surface area contributed by atoms with Gasteiger partial charge in [-0.2, -0.15) is 0 Å². The normalized spacial score (nSPS) is 17.1. The Bertz CT molecular complexity index is 686. The molecule has 122 valence electrons. The molecule has 1 aliphatic heterocycles. The number of amides is 1. The summed E-state index contributed by atoms with van der Waals surface area (Å²) in [7, 11) is 1.68. The third-order valence-electron chi connectivity index (χ3n) is 4.20. The fourth-order valence-electron chi connectivity index (χ4n) is 3.00. The zero-order valence-electron chi connectivity index (χ0n) is 13.1. The summed E-state index contributed by atoms with van der Waals surface area (Å²) >= 11 is 6.16. The number of rotatable bonds is 5. The van der Waals surface area contributed by atoms with Gasteiger partial charge in [-0.3, -0.25) is 4.79 Å². The number of aromatic nitrogens is 2. The standard InChI is InChI=1S/C17H20ClN3O2/c1-23-11-15-10-20(9-14-8-19-12-21(14)15)17(22)7-6-13-4-2-3-5-16(13)18/h2-5,8,12,15H,6-7,9-11H2,1H3/t15-/m1/s1. The van der Waals surface area contributed by atoms with E-state index >= 15 is 0 Å². The number of fused-ring (bicyclic) bond motifs is 1. The molecule has 1 aromatic heterocycles. The van der Waals surface area contributed by atoms with Gasteiger partial charge < -0.3 is 14.2 Å². The monoisotopic (exact) mass is 333 g/mol. The molecule has 0 unspecified atom stereocenters. The predicted octanol–water partition coefficient (Wildman–Crippen LogP) is 2.70. The lowest BCUT2D eigenvalue weighted by atomic mass is 10.1. The number of ether oxygens (including phenoxy) is 1. The summed E-state index contributed by atoms with van der Waals surface area (Å²) in [6.07, 6.45) is 4.74. The summed E-state index contributed by atoms with van der Waals surface area (Å²) in [4.78, 5) is 18.7. The van der Waals surface area contributed by atoms with E-state index in [1.54, 1.807) is 7.11 Å². The fraction of sp³-hybridized carbons (Fsp3) is 0.412. The molecular weight excluding hydrogens is 314 g/mol. The molecule has 1 atom stereocenters. The number of aryl methyl sites for hydroxylation is 1. The van der Waals surface area contributed by atoms with Crippen LogP contribution in [0.2, 0.25) is 5.02 Å². The molecule has 0 saturated carbocycles. The highest BCUT2D eigenvalue weighted by Gasteiger charge is 2.27. The average molecular weight is 334 g/mol. The Kier molecular flexibility index (Phi) is 4.98. The molecule has 23 heavy (non-hydrogen) atoms. The number of benzene rings is 1. The van der Waals surface area contributed by atoms with E-state index in [1.165, 1.54) is 0 Å². The van der Waals surface area contributed by atoms with Gasteiger partial charge in [0.2, 0.25) is 5.91 Å². The van der Waals surface area contributed by atoms with Crippen molar-refractivity contribution in [3.63, 3.8) is 0 Å². The van der Waals surface area contributed by atoms with Crippen LogP contribution in [0.25, 0.3) is 0 Å². The van der Waals surface area contributed by atoms with Crippen molar-refractivity contribution >= 4 is 17.5 Å². The first-order valence-electron chi connectivity index (χ1n) is 7.70. The van der Waals surface area contributed by atoms with Gasteiger partial charge in [-0.15, -0.1) is 0 Å². The average Bonchev–Trinajstić information content (AvgIpc) is 3.03. The summed E-state index contributed by atoms with van der Waals surface area (Å²) in [5.41, 5.74) is 2.06. The number of hydrogen-bond acceptors (Lipinski definition) is 3. The van der Waals surface area contributed by atoms with Crippen LogP contribution in [0, 0.1) is 0 Å². The van der Waals surface area contributed by atoms with E-state index in [2.05, 4.69) is 9.55 Å². The summed E-state index contributed by atoms with van der Waals surface area (Å²) in [5, 5.41) is 0.717. The lowest BCUT2D eigenvalue weighted by Crippen LogP contribution is -2.42.